The van der Waals surface area contributed by atoms with Crippen molar-refractivity contribution in [3.05, 3.63) is 35.4 Å². The number of nitrogens with one attached hydrogen (secondary N) is 6. The van der Waals surface area contributed by atoms with E-state index in [-0.39, 0.29) is 42.5 Å². The van der Waals surface area contributed by atoms with Gasteiger partial charge in [-0.05, 0) is 40.8 Å². The van der Waals surface area contributed by atoms with E-state index < -0.39 is 5.54 Å². The smallest absolute Gasteiger partial charge is 0.246 e. The monoisotopic (exact) mass is 470 g/mol. The van der Waals surface area contributed by atoms with Crippen LogP contribution in [0.2, 0.25) is 0 Å². The third-order valence-corrected chi connectivity index (χ3v) is 5.53. The van der Waals surface area contributed by atoms with Crippen molar-refractivity contribution in [2.45, 2.75) is 50.5 Å². The fraction of sp³-hybridized carbons (Fsp3) is 0.476. The highest BCUT2D eigenvalue weighted by atomic mass is 16.2. The summed E-state index contributed by atoms with van der Waals surface area (Å²) in [6, 6.07) is 7.76. The van der Waals surface area contributed by atoms with Gasteiger partial charge in [-0.2, -0.15) is 0 Å². The van der Waals surface area contributed by atoms with E-state index in [4.69, 9.17) is 11.1 Å². The van der Waals surface area contributed by atoms with Crippen molar-refractivity contribution < 1.29 is 14.4 Å². The van der Waals surface area contributed by atoms with Crippen molar-refractivity contribution in [3.63, 3.8) is 0 Å². The first kappa shape index (κ1) is 24.6. The number of nitrogens with zero attached hydrogens (tertiary/aromatic N) is 3. The van der Waals surface area contributed by atoms with Gasteiger partial charge in [-0.25, -0.2) is 5.10 Å². The first-order valence-electron chi connectivity index (χ1n) is 11.2. The van der Waals surface area contributed by atoms with Crippen molar-refractivity contribution in [1.29, 1.82) is 5.41 Å². The molecule has 1 aromatic heterocycles. The van der Waals surface area contributed by atoms with Crippen LogP contribution in [0, 0.1) is 5.41 Å². The van der Waals surface area contributed by atoms with E-state index >= 15 is 0 Å². The molecule has 1 aromatic carbocycles. The molecule has 0 aliphatic heterocycles. The van der Waals surface area contributed by atoms with E-state index in [0.29, 0.717) is 38.8 Å². The first-order valence-corrected chi connectivity index (χ1v) is 11.2. The van der Waals surface area contributed by atoms with E-state index in [0.717, 1.165) is 17.5 Å². The Balaban J connectivity index is 1.51. The Bertz CT molecular complexity index is 983. The molecular weight excluding hydrogens is 440 g/mol. The van der Waals surface area contributed by atoms with Gasteiger partial charge in [0.15, 0.2) is 5.96 Å². The summed E-state index contributed by atoms with van der Waals surface area (Å²) in [5.74, 6) is -0.769. The molecule has 182 valence electrons. The van der Waals surface area contributed by atoms with Gasteiger partial charge < -0.3 is 21.7 Å². The number of guanidine groups is 1. The average molecular weight is 471 g/mol. The number of carbonyl (C=O) groups excluding carboxylic acids is 3. The number of fused-ring (bicyclic) bond motifs is 1. The predicted octanol–water partition coefficient (Wildman–Crippen LogP) is -0.658. The van der Waals surface area contributed by atoms with Crippen molar-refractivity contribution in [2.24, 2.45) is 5.73 Å². The first-order chi connectivity index (χ1) is 16.4. The van der Waals surface area contributed by atoms with Gasteiger partial charge in [0.25, 0.3) is 0 Å². The van der Waals surface area contributed by atoms with Gasteiger partial charge in [-0.1, -0.05) is 29.4 Å². The molecule has 0 saturated heterocycles. The quantitative estimate of drug-likeness (QED) is 0.120. The van der Waals surface area contributed by atoms with Crippen LogP contribution in [-0.4, -0.2) is 62.9 Å². The molecule has 3 amide bonds. The van der Waals surface area contributed by atoms with Crippen LogP contribution >= 0.6 is 0 Å². The number of anilines is 1. The van der Waals surface area contributed by atoms with Crippen LogP contribution in [0.3, 0.4) is 0 Å². The van der Waals surface area contributed by atoms with E-state index in [1.165, 1.54) is 0 Å². The zero-order valence-electron chi connectivity index (χ0n) is 18.8. The molecule has 0 radical (unpaired) electrons. The summed E-state index contributed by atoms with van der Waals surface area (Å²) in [7, 11) is 0. The van der Waals surface area contributed by atoms with Gasteiger partial charge in [-0.15, -0.1) is 0 Å². The Labute approximate surface area is 196 Å². The minimum absolute atomic E-state index is 0.0816. The summed E-state index contributed by atoms with van der Waals surface area (Å²) in [4.78, 5) is 37.9. The van der Waals surface area contributed by atoms with Gasteiger partial charge in [0, 0.05) is 38.8 Å². The molecule has 34 heavy (non-hydrogen) atoms. The number of tetrazole rings is 1. The third kappa shape index (κ3) is 6.98. The lowest BCUT2D eigenvalue weighted by Gasteiger charge is -2.29. The minimum Gasteiger partial charge on any atom is -0.370 e. The van der Waals surface area contributed by atoms with E-state index in [2.05, 4.69) is 41.9 Å². The maximum Gasteiger partial charge on any atom is 0.246 e. The highest BCUT2D eigenvalue weighted by Gasteiger charge is 2.44. The number of hydrogen-bond acceptors (Lipinski definition) is 7. The van der Waals surface area contributed by atoms with Crippen LogP contribution in [0.15, 0.2) is 24.3 Å². The fourth-order valence-corrected chi connectivity index (χ4v) is 3.91. The number of hydrogen-bond donors (Lipinski definition) is 7. The molecule has 0 bridgehead atoms. The normalized spacial score (nSPS) is 13.5. The topological polar surface area (TPSA) is 204 Å². The number of benzene rings is 1. The SMILES string of the molecule is N=C(N)NCCCCNC(=O)C1(NC(=O)CCCC(=O)Nc2nnn[nH]2)Cc2ccccc2C1. The van der Waals surface area contributed by atoms with Crippen LogP contribution in [0.5, 0.6) is 0 Å². The Hall–Kier alpha value is -4.03. The van der Waals surface area contributed by atoms with E-state index in [1.54, 1.807) is 0 Å². The summed E-state index contributed by atoms with van der Waals surface area (Å²) < 4.78 is 0. The number of nitrogens with two attached hydrogens (primary N) is 1. The number of unbranched alkanes of at least 4 members (excludes halogenated alkanes) is 1. The van der Waals surface area contributed by atoms with Crippen molar-refractivity contribution in [2.75, 3.05) is 18.4 Å². The minimum atomic E-state index is -1.06. The Morgan fingerprint density at radius 1 is 1.00 bits per heavy atom. The third-order valence-electron chi connectivity index (χ3n) is 5.53. The van der Waals surface area contributed by atoms with Gasteiger partial charge in [0.05, 0.1) is 0 Å². The van der Waals surface area contributed by atoms with Crippen molar-refractivity contribution in [1.82, 2.24) is 36.6 Å². The molecule has 0 atom stereocenters. The number of amides is 3. The Morgan fingerprint density at radius 2 is 1.65 bits per heavy atom. The summed E-state index contributed by atoms with van der Waals surface area (Å²) in [6.07, 6.45) is 2.79. The molecular formula is C21H30N10O3. The molecule has 13 nitrogen and oxygen atoms in total. The highest BCUT2D eigenvalue weighted by molar-refractivity contribution is 5.93. The van der Waals surface area contributed by atoms with E-state index in [1.807, 2.05) is 24.3 Å². The lowest BCUT2D eigenvalue weighted by molar-refractivity contribution is -0.133. The molecule has 3 rings (SSSR count). The Kier molecular flexibility index (Phi) is 8.48. The molecule has 1 aliphatic carbocycles. The number of H-pyrrole nitrogens is 1. The standard InChI is InChI=1S/C21H30N10O3/c22-19(23)25-11-4-3-10-24-18(34)21(12-14-6-1-2-7-15(14)13-21)27-17(33)9-5-8-16(32)26-20-28-30-31-29-20/h1-2,6-7H,3-5,8-13H2,(H,24,34)(H,27,33)(H4,22,23,25)(H2,26,28,29,30,31,32). The van der Waals surface area contributed by atoms with Crippen LogP contribution in [0.4, 0.5) is 5.95 Å². The van der Waals surface area contributed by atoms with Crippen LogP contribution in [0.25, 0.3) is 0 Å². The van der Waals surface area contributed by atoms with Gasteiger partial charge in [0.2, 0.25) is 23.7 Å². The average Bonchev–Trinajstić information content (AvgIpc) is 3.43. The van der Waals surface area contributed by atoms with Crippen LogP contribution in [0.1, 0.15) is 43.2 Å². The second-order valence-electron chi connectivity index (χ2n) is 8.21. The second kappa shape index (κ2) is 11.7. The summed E-state index contributed by atoms with van der Waals surface area (Å²) in [5, 5.41) is 31.0. The fourth-order valence-electron chi connectivity index (χ4n) is 3.91. The molecule has 1 heterocycles. The van der Waals surface area contributed by atoms with Crippen molar-refractivity contribution in [3.8, 4) is 0 Å². The van der Waals surface area contributed by atoms with E-state index in [9.17, 15) is 14.4 Å². The molecule has 13 heteroatoms. The lowest BCUT2D eigenvalue weighted by atomic mass is 9.93. The largest absolute Gasteiger partial charge is 0.370 e. The van der Waals surface area contributed by atoms with Gasteiger partial charge in [-0.3, -0.25) is 25.1 Å². The molecule has 1 aliphatic rings. The summed E-state index contributed by atoms with van der Waals surface area (Å²) in [6.45, 7) is 1.00. The van der Waals surface area contributed by atoms with Crippen LogP contribution in [-0.2, 0) is 27.2 Å². The summed E-state index contributed by atoms with van der Waals surface area (Å²) in [5.41, 5.74) is 6.25. The summed E-state index contributed by atoms with van der Waals surface area (Å²) >= 11 is 0. The molecule has 8 N–H and O–H groups in total. The molecule has 0 saturated carbocycles. The van der Waals surface area contributed by atoms with Gasteiger partial charge >= 0.3 is 0 Å². The predicted molar refractivity (Wildman–Crippen MR) is 124 cm³/mol. The van der Waals surface area contributed by atoms with Gasteiger partial charge in [0.1, 0.15) is 5.54 Å². The molecule has 0 fully saturated rings. The highest BCUT2D eigenvalue weighted by Crippen LogP contribution is 2.30. The molecule has 2 aromatic rings. The zero-order valence-corrected chi connectivity index (χ0v) is 18.8. The lowest BCUT2D eigenvalue weighted by Crippen LogP contribution is -2.59. The van der Waals surface area contributed by atoms with Crippen LogP contribution < -0.4 is 27.0 Å². The number of rotatable bonds is 12. The second-order valence-corrected chi connectivity index (χ2v) is 8.21. The number of aromatic nitrogens is 4. The zero-order chi connectivity index (χ0) is 24.4. The number of carbonyl (C=O) groups is 3. The maximum atomic E-state index is 13.2. The molecule has 0 unspecified atom stereocenters. The maximum absolute atomic E-state index is 13.2. The number of aromatic amines is 1. The van der Waals surface area contributed by atoms with Crippen molar-refractivity contribution >= 4 is 29.6 Å². The Morgan fingerprint density at radius 3 is 2.26 bits per heavy atom. The molecule has 0 spiro atoms.